The van der Waals surface area contributed by atoms with Crippen molar-refractivity contribution >= 4 is 22.9 Å². The summed E-state index contributed by atoms with van der Waals surface area (Å²) in [4.78, 5) is 18.4. The molecule has 1 saturated heterocycles. The molecule has 3 rings (SSSR count). The van der Waals surface area contributed by atoms with Gasteiger partial charge in [-0.1, -0.05) is 6.92 Å². The lowest BCUT2D eigenvalue weighted by molar-refractivity contribution is -0.127. The highest BCUT2D eigenvalue weighted by atomic mass is 16.5. The fourth-order valence-electron chi connectivity index (χ4n) is 2.88. The molecule has 0 spiro atoms. The van der Waals surface area contributed by atoms with Crippen LogP contribution in [0.1, 0.15) is 25.5 Å². The van der Waals surface area contributed by atoms with E-state index >= 15 is 0 Å². The third kappa shape index (κ3) is 2.81. The zero-order valence-corrected chi connectivity index (χ0v) is 12.9. The summed E-state index contributed by atoms with van der Waals surface area (Å²) in [6.07, 6.45) is 7.27. The van der Waals surface area contributed by atoms with Gasteiger partial charge in [0.15, 0.2) is 0 Å². The van der Waals surface area contributed by atoms with E-state index in [-0.39, 0.29) is 5.91 Å². The number of amides is 1. The van der Waals surface area contributed by atoms with E-state index in [1.165, 1.54) is 6.42 Å². The number of hydrogen-bond acceptors (Lipinski definition) is 4. The van der Waals surface area contributed by atoms with Gasteiger partial charge in [-0.3, -0.25) is 9.89 Å². The van der Waals surface area contributed by atoms with Crippen LogP contribution >= 0.6 is 0 Å². The van der Waals surface area contributed by atoms with Gasteiger partial charge in [-0.2, -0.15) is 5.10 Å². The van der Waals surface area contributed by atoms with E-state index < -0.39 is 0 Å². The molecule has 1 fully saturated rings. The van der Waals surface area contributed by atoms with Crippen molar-refractivity contribution in [3.63, 3.8) is 0 Å². The number of likely N-dealkylation sites (tertiary alicyclic amines) is 1. The lowest BCUT2D eigenvalue weighted by atomic mass is 10.0. The van der Waals surface area contributed by atoms with Gasteiger partial charge in [0.1, 0.15) is 0 Å². The number of methoxy groups -OCH3 is 1. The van der Waals surface area contributed by atoms with Crippen molar-refractivity contribution in [3.05, 3.63) is 24.0 Å². The highest BCUT2D eigenvalue weighted by Gasteiger charge is 2.19. The molecular weight excluding hydrogens is 280 g/mol. The molecule has 0 aliphatic carbocycles. The van der Waals surface area contributed by atoms with Crippen LogP contribution < -0.4 is 4.74 Å². The molecule has 0 radical (unpaired) electrons. The van der Waals surface area contributed by atoms with Crippen LogP contribution in [0.15, 0.2) is 18.3 Å². The van der Waals surface area contributed by atoms with Crippen LogP contribution in [0.3, 0.4) is 0 Å². The molecule has 0 bridgehead atoms. The Balaban J connectivity index is 1.82. The molecule has 22 heavy (non-hydrogen) atoms. The zero-order valence-electron chi connectivity index (χ0n) is 12.9. The predicted molar refractivity (Wildman–Crippen MR) is 84.5 cm³/mol. The average molecular weight is 300 g/mol. The highest BCUT2D eigenvalue weighted by molar-refractivity contribution is 5.96. The summed E-state index contributed by atoms with van der Waals surface area (Å²) in [5, 5.41) is 7.93. The minimum atomic E-state index is 0.0390. The third-order valence-electron chi connectivity index (χ3n) is 4.01. The molecule has 1 N–H and O–H groups in total. The normalized spacial score (nSPS) is 19.0. The fourth-order valence-corrected chi connectivity index (χ4v) is 2.88. The monoisotopic (exact) mass is 300 g/mol. The summed E-state index contributed by atoms with van der Waals surface area (Å²) in [6, 6.07) is 1.81. The Bertz CT molecular complexity index is 707. The van der Waals surface area contributed by atoms with Crippen molar-refractivity contribution in [1.82, 2.24) is 20.1 Å². The minimum absolute atomic E-state index is 0.0390. The van der Waals surface area contributed by atoms with Gasteiger partial charge in [0, 0.05) is 25.4 Å². The van der Waals surface area contributed by atoms with Crippen molar-refractivity contribution in [2.24, 2.45) is 5.92 Å². The Hall–Kier alpha value is -2.37. The molecule has 0 aromatic carbocycles. The minimum Gasteiger partial charge on any atom is -0.480 e. The summed E-state index contributed by atoms with van der Waals surface area (Å²) < 4.78 is 5.26. The molecule has 1 atom stereocenters. The first-order chi connectivity index (χ1) is 10.7. The number of ether oxygens (including phenoxy) is 1. The topological polar surface area (TPSA) is 71.1 Å². The van der Waals surface area contributed by atoms with Gasteiger partial charge in [-0.05, 0) is 30.9 Å². The number of H-pyrrole nitrogens is 1. The molecule has 0 saturated carbocycles. The van der Waals surface area contributed by atoms with Crippen LogP contribution in [-0.2, 0) is 4.79 Å². The van der Waals surface area contributed by atoms with Crippen molar-refractivity contribution in [2.45, 2.75) is 19.8 Å². The Morgan fingerprint density at radius 2 is 2.41 bits per heavy atom. The summed E-state index contributed by atoms with van der Waals surface area (Å²) in [5.41, 5.74) is 1.50. The van der Waals surface area contributed by atoms with Crippen LogP contribution in [0.25, 0.3) is 17.0 Å². The molecule has 2 aromatic rings. The number of carbonyl (C=O) groups is 1. The standard InChI is InChI=1S/C16H20N4O2/c1-11-4-3-9-20(10-11)14(21)6-5-12-15-13(19-18-12)7-8-17-16(15)22-2/h5-8,11H,3-4,9-10H2,1-2H3,(H,18,19)/t11-/m1/s1. The molecule has 1 aliphatic rings. The van der Waals surface area contributed by atoms with Gasteiger partial charge in [-0.25, -0.2) is 4.98 Å². The van der Waals surface area contributed by atoms with Gasteiger partial charge >= 0.3 is 0 Å². The Morgan fingerprint density at radius 1 is 1.55 bits per heavy atom. The number of hydrogen-bond donors (Lipinski definition) is 1. The molecule has 2 aromatic heterocycles. The lowest BCUT2D eigenvalue weighted by Crippen LogP contribution is -2.38. The summed E-state index contributed by atoms with van der Waals surface area (Å²) in [7, 11) is 1.57. The number of pyridine rings is 1. The second-order valence-electron chi connectivity index (χ2n) is 5.72. The van der Waals surface area contributed by atoms with Crippen LogP contribution in [0.5, 0.6) is 5.88 Å². The number of aromatic nitrogens is 3. The molecule has 1 amide bonds. The largest absolute Gasteiger partial charge is 0.480 e. The SMILES string of the molecule is COc1nccc2n[nH]c(C=CC(=O)N3CCC[C@@H](C)C3)c12. The number of piperidine rings is 1. The summed E-state index contributed by atoms with van der Waals surface area (Å²) in [5.74, 6) is 1.12. The summed E-state index contributed by atoms with van der Waals surface area (Å²) in [6.45, 7) is 3.85. The van der Waals surface area contributed by atoms with Crippen molar-refractivity contribution in [3.8, 4) is 5.88 Å². The lowest BCUT2D eigenvalue weighted by Gasteiger charge is -2.30. The molecule has 6 nitrogen and oxygen atoms in total. The molecular formula is C16H20N4O2. The van der Waals surface area contributed by atoms with Crippen molar-refractivity contribution < 1.29 is 9.53 Å². The van der Waals surface area contributed by atoms with Crippen LogP contribution in [0, 0.1) is 5.92 Å². The third-order valence-corrected chi connectivity index (χ3v) is 4.01. The molecule has 0 unspecified atom stereocenters. The van der Waals surface area contributed by atoms with E-state index in [9.17, 15) is 4.79 Å². The van der Waals surface area contributed by atoms with Gasteiger partial charge in [0.05, 0.1) is 23.7 Å². The summed E-state index contributed by atoms with van der Waals surface area (Å²) >= 11 is 0. The van der Waals surface area contributed by atoms with Gasteiger partial charge < -0.3 is 9.64 Å². The maximum Gasteiger partial charge on any atom is 0.246 e. The Morgan fingerprint density at radius 3 is 3.18 bits per heavy atom. The quantitative estimate of drug-likeness (QED) is 0.882. The molecule has 3 heterocycles. The first kappa shape index (κ1) is 14.6. The number of nitrogens with one attached hydrogen (secondary N) is 1. The van der Waals surface area contributed by atoms with E-state index in [2.05, 4.69) is 22.1 Å². The number of carbonyl (C=O) groups excluding carboxylic acids is 1. The maximum atomic E-state index is 12.3. The number of aromatic amines is 1. The van der Waals surface area contributed by atoms with Gasteiger partial charge in [-0.15, -0.1) is 0 Å². The van der Waals surface area contributed by atoms with Crippen LogP contribution in [0.4, 0.5) is 0 Å². The van der Waals surface area contributed by atoms with Crippen LogP contribution in [0.2, 0.25) is 0 Å². The predicted octanol–water partition coefficient (Wildman–Crippen LogP) is 2.24. The number of rotatable bonds is 3. The zero-order chi connectivity index (χ0) is 15.5. The molecule has 116 valence electrons. The molecule has 6 heteroatoms. The van der Waals surface area contributed by atoms with E-state index in [4.69, 9.17) is 4.74 Å². The molecule has 1 aliphatic heterocycles. The highest BCUT2D eigenvalue weighted by Crippen LogP contribution is 2.25. The first-order valence-corrected chi connectivity index (χ1v) is 7.53. The second-order valence-corrected chi connectivity index (χ2v) is 5.72. The Kier molecular flexibility index (Phi) is 4.09. The smallest absolute Gasteiger partial charge is 0.246 e. The van der Waals surface area contributed by atoms with E-state index in [0.29, 0.717) is 11.8 Å². The van der Waals surface area contributed by atoms with Crippen LogP contribution in [-0.4, -0.2) is 46.2 Å². The van der Waals surface area contributed by atoms with E-state index in [1.54, 1.807) is 31.5 Å². The van der Waals surface area contributed by atoms with Crippen molar-refractivity contribution in [2.75, 3.05) is 20.2 Å². The number of nitrogens with zero attached hydrogens (tertiary/aromatic N) is 3. The average Bonchev–Trinajstić information content (AvgIpc) is 2.96. The first-order valence-electron chi connectivity index (χ1n) is 7.53. The van der Waals surface area contributed by atoms with E-state index in [1.807, 2.05) is 4.90 Å². The van der Waals surface area contributed by atoms with Crippen molar-refractivity contribution in [1.29, 1.82) is 0 Å². The van der Waals surface area contributed by atoms with E-state index in [0.717, 1.165) is 36.1 Å². The van der Waals surface area contributed by atoms with Gasteiger partial charge in [0.25, 0.3) is 0 Å². The Labute approximate surface area is 129 Å². The second kappa shape index (κ2) is 6.17. The maximum absolute atomic E-state index is 12.3. The fraction of sp³-hybridized carbons (Fsp3) is 0.438. The number of fused-ring (bicyclic) bond motifs is 1. The van der Waals surface area contributed by atoms with Gasteiger partial charge in [0.2, 0.25) is 11.8 Å².